The Hall–Kier alpha value is -5.88. The van der Waals surface area contributed by atoms with Gasteiger partial charge in [0, 0.05) is 30.9 Å². The number of carbonyl (C=O) groups is 4. The van der Waals surface area contributed by atoms with E-state index >= 15 is 0 Å². The molecule has 18 heteroatoms. The van der Waals surface area contributed by atoms with Crippen molar-refractivity contribution in [3.8, 4) is 45.5 Å². The van der Waals surface area contributed by atoms with Gasteiger partial charge in [-0.05, 0) is 68.1 Å². The molecule has 2 aromatic carbocycles. The number of aromatic amines is 2. The zero-order chi connectivity index (χ0) is 42.2. The van der Waals surface area contributed by atoms with Crippen LogP contribution in [-0.2, 0) is 23.8 Å². The minimum absolute atomic E-state index is 0.132. The average molecular weight is 829 g/mol. The van der Waals surface area contributed by atoms with Gasteiger partial charge in [0.15, 0.2) is 23.0 Å². The number of carbonyl (C=O) groups excluding carboxylic acids is 4. The van der Waals surface area contributed by atoms with E-state index in [1.54, 1.807) is 24.2 Å². The van der Waals surface area contributed by atoms with E-state index in [0.29, 0.717) is 47.4 Å². The fourth-order valence-electron chi connectivity index (χ4n) is 8.04. The molecule has 1 unspecified atom stereocenters. The third kappa shape index (κ3) is 8.50. The Kier molecular flexibility index (Phi) is 11.7. The summed E-state index contributed by atoms with van der Waals surface area (Å²) in [4.78, 5) is 71.6. The lowest BCUT2D eigenvalue weighted by molar-refractivity contribution is -0.137. The maximum absolute atomic E-state index is 14.0. The van der Waals surface area contributed by atoms with Crippen LogP contribution in [-0.4, -0.2) is 114 Å². The number of H-pyrrole nitrogens is 2. The van der Waals surface area contributed by atoms with Gasteiger partial charge in [-0.15, -0.1) is 0 Å². The molecule has 59 heavy (non-hydrogen) atoms. The third-order valence-electron chi connectivity index (χ3n) is 11.3. The maximum Gasteiger partial charge on any atom is 0.407 e. The lowest BCUT2D eigenvalue weighted by atomic mass is 10.0. The van der Waals surface area contributed by atoms with E-state index in [0.717, 1.165) is 41.4 Å². The molecule has 2 fully saturated rings. The van der Waals surface area contributed by atoms with Gasteiger partial charge in [-0.25, -0.2) is 19.6 Å². The van der Waals surface area contributed by atoms with Crippen LogP contribution in [0.2, 0.25) is 19.1 Å². The molecule has 4 amide bonds. The third-order valence-corrected chi connectivity index (χ3v) is 14.0. The van der Waals surface area contributed by atoms with Crippen LogP contribution >= 0.6 is 0 Å². The standard InChI is InChI=1S/C41H52N8O9Si/c1-22(2)34(46-40(52)55-5)38(50)48-15-9-10-28(48)36-42-18-26(44-36)24-11-13-30-32(16-24)57-31-14-12-25(17-33(31)58-30)27-19-43-37(45-27)29-20-59(7,8)21-49(29)39(51)35(23(3)54-4)47-41(53)56-6/h11-14,16-19,22-23,28-29,34-35H,9-10,15,20-21H2,1-8H3,(H,42,44)(H,43,45)(H,46,52)(H,47,53)/t23?,28-,29-,34-,35-/m0/s1. The zero-order valence-corrected chi connectivity index (χ0v) is 35.6. The molecule has 314 valence electrons. The van der Waals surface area contributed by atoms with Gasteiger partial charge in [0.1, 0.15) is 23.7 Å². The zero-order valence-electron chi connectivity index (χ0n) is 34.6. The van der Waals surface area contributed by atoms with Crippen LogP contribution in [0.15, 0.2) is 48.8 Å². The highest BCUT2D eigenvalue weighted by Crippen LogP contribution is 2.48. The molecule has 4 N–H and O–H groups in total. The Labute approximate surface area is 343 Å². The van der Waals surface area contributed by atoms with Crippen LogP contribution in [0.1, 0.15) is 57.3 Å². The number of hydrogen-bond acceptors (Lipinski definition) is 11. The number of ether oxygens (including phenoxy) is 5. The van der Waals surface area contributed by atoms with Crippen molar-refractivity contribution >= 4 is 32.1 Å². The second kappa shape index (κ2) is 16.8. The van der Waals surface area contributed by atoms with Gasteiger partial charge in [-0.1, -0.05) is 26.9 Å². The number of aromatic nitrogens is 4. The van der Waals surface area contributed by atoms with Gasteiger partial charge < -0.3 is 54.1 Å². The Morgan fingerprint density at radius 3 is 1.81 bits per heavy atom. The quantitative estimate of drug-likeness (QED) is 0.109. The minimum atomic E-state index is -1.84. The largest absolute Gasteiger partial charge is 0.453 e. The topological polar surface area (TPSA) is 202 Å². The second-order valence-corrected chi connectivity index (χ2v) is 21.4. The number of benzene rings is 2. The van der Waals surface area contributed by atoms with Crippen LogP contribution < -0.4 is 20.1 Å². The Balaban J connectivity index is 1.05. The Bertz CT molecular complexity index is 2220. The number of likely N-dealkylation sites (tertiary alicyclic amines) is 1. The van der Waals surface area contributed by atoms with Crippen LogP contribution in [0.3, 0.4) is 0 Å². The van der Waals surface area contributed by atoms with Crippen LogP contribution in [0.5, 0.6) is 23.0 Å². The molecule has 5 atom stereocenters. The summed E-state index contributed by atoms with van der Waals surface area (Å²) in [5, 5.41) is 5.34. The summed E-state index contributed by atoms with van der Waals surface area (Å²) in [6.07, 6.45) is 3.72. The molecule has 4 aromatic rings. The molecule has 0 saturated carbocycles. The first-order valence-electron chi connectivity index (χ1n) is 19.8. The summed E-state index contributed by atoms with van der Waals surface area (Å²) >= 11 is 0. The number of fused-ring (bicyclic) bond motifs is 2. The number of nitrogens with zero attached hydrogens (tertiary/aromatic N) is 4. The molecule has 7 rings (SSSR count). The summed E-state index contributed by atoms with van der Waals surface area (Å²) in [5.41, 5.74) is 3.15. The summed E-state index contributed by atoms with van der Waals surface area (Å²) in [7, 11) is 2.20. The van der Waals surface area contributed by atoms with Crippen molar-refractivity contribution in [1.82, 2.24) is 40.4 Å². The van der Waals surface area contributed by atoms with E-state index in [1.807, 2.05) is 55.1 Å². The van der Waals surface area contributed by atoms with Gasteiger partial charge >= 0.3 is 12.2 Å². The molecule has 2 aromatic heterocycles. The molecule has 0 radical (unpaired) electrons. The number of rotatable bonds is 11. The fourth-order valence-corrected chi connectivity index (χ4v) is 10.9. The molecule has 0 bridgehead atoms. The lowest BCUT2D eigenvalue weighted by Crippen LogP contribution is -2.54. The summed E-state index contributed by atoms with van der Waals surface area (Å²) < 4.78 is 27.7. The number of nitrogens with one attached hydrogen (secondary N) is 4. The highest BCUT2D eigenvalue weighted by atomic mass is 28.3. The van der Waals surface area contributed by atoms with Crippen molar-refractivity contribution in [3.05, 3.63) is 60.4 Å². The highest BCUT2D eigenvalue weighted by molar-refractivity contribution is 6.78. The van der Waals surface area contributed by atoms with Crippen molar-refractivity contribution in [2.75, 3.05) is 34.0 Å². The molecular formula is C41H52N8O9Si. The number of alkyl carbamates (subject to hydrolysis) is 2. The first-order valence-corrected chi connectivity index (χ1v) is 23.2. The van der Waals surface area contributed by atoms with E-state index in [4.69, 9.17) is 28.7 Å². The van der Waals surface area contributed by atoms with Crippen molar-refractivity contribution in [1.29, 1.82) is 0 Å². The SMILES string of the molecule is COC(=O)N[C@H](C(=O)N1CCC[C@H]1c1ncc(-c2ccc3c(c2)Oc2ccc(-c4cnc([C@@H]5C[Si](C)(C)CN5C(=O)[C@@H](NC(=O)OC)C(C)OC)[nH]4)cc2O3)[nH]1)C(C)C. The number of hydrogen-bond donors (Lipinski definition) is 4. The first kappa shape index (κ1) is 41.3. The van der Waals surface area contributed by atoms with E-state index in [2.05, 4.69) is 38.7 Å². The molecule has 3 aliphatic rings. The van der Waals surface area contributed by atoms with Gasteiger partial charge in [0.2, 0.25) is 11.8 Å². The molecule has 5 heterocycles. The van der Waals surface area contributed by atoms with Crippen LogP contribution in [0, 0.1) is 5.92 Å². The molecular weight excluding hydrogens is 777 g/mol. The van der Waals surface area contributed by atoms with Crippen molar-refractivity contribution in [2.24, 2.45) is 5.92 Å². The van der Waals surface area contributed by atoms with E-state index in [1.165, 1.54) is 21.3 Å². The van der Waals surface area contributed by atoms with E-state index < -0.39 is 38.4 Å². The van der Waals surface area contributed by atoms with Crippen molar-refractivity contribution in [2.45, 2.75) is 83.0 Å². The molecule has 0 aliphatic carbocycles. The predicted octanol–water partition coefficient (Wildman–Crippen LogP) is 6.30. The minimum Gasteiger partial charge on any atom is -0.453 e. The van der Waals surface area contributed by atoms with Gasteiger partial charge in [0.05, 0.1) is 64.3 Å². The summed E-state index contributed by atoms with van der Waals surface area (Å²) in [6.45, 7) is 10.5. The maximum atomic E-state index is 14.0. The van der Waals surface area contributed by atoms with Crippen molar-refractivity contribution in [3.63, 3.8) is 0 Å². The number of methoxy groups -OCH3 is 3. The molecule has 2 saturated heterocycles. The lowest BCUT2D eigenvalue weighted by Gasteiger charge is -2.31. The summed E-state index contributed by atoms with van der Waals surface area (Å²) in [5.74, 6) is 2.93. The predicted molar refractivity (Wildman–Crippen MR) is 219 cm³/mol. The number of amides is 4. The normalized spacial score (nSPS) is 19.5. The fraction of sp³-hybridized carbons (Fsp3) is 0.463. The van der Waals surface area contributed by atoms with Crippen LogP contribution in [0.25, 0.3) is 22.5 Å². The van der Waals surface area contributed by atoms with Gasteiger partial charge in [-0.3, -0.25) is 9.59 Å². The highest BCUT2D eigenvalue weighted by Gasteiger charge is 2.46. The molecule has 17 nitrogen and oxygen atoms in total. The summed E-state index contributed by atoms with van der Waals surface area (Å²) in [6, 6.07) is 9.88. The van der Waals surface area contributed by atoms with Crippen molar-refractivity contribution < 1.29 is 42.9 Å². The van der Waals surface area contributed by atoms with E-state index in [9.17, 15) is 19.2 Å². The number of imidazole rings is 2. The Morgan fingerprint density at radius 1 is 0.763 bits per heavy atom. The Morgan fingerprint density at radius 2 is 1.29 bits per heavy atom. The first-order chi connectivity index (χ1) is 28.2. The second-order valence-electron chi connectivity index (χ2n) is 16.3. The molecule has 0 spiro atoms. The van der Waals surface area contributed by atoms with Gasteiger partial charge in [0.25, 0.3) is 0 Å². The van der Waals surface area contributed by atoms with Crippen LogP contribution in [0.4, 0.5) is 9.59 Å². The smallest absolute Gasteiger partial charge is 0.407 e. The van der Waals surface area contributed by atoms with Gasteiger partial charge in [-0.2, -0.15) is 0 Å². The average Bonchev–Trinajstić information content (AvgIpc) is 4.06. The monoisotopic (exact) mass is 828 g/mol. The van der Waals surface area contributed by atoms with E-state index in [-0.39, 0.29) is 29.8 Å². The molecule has 3 aliphatic heterocycles.